The summed E-state index contributed by atoms with van der Waals surface area (Å²) in [5, 5.41) is 0. The minimum Gasteiger partial charge on any atom is -0.290 e. The molecule has 8 nitrogen and oxygen atoms in total. The first-order valence-corrected chi connectivity index (χ1v) is 13.3. The number of nitrogens with one attached hydrogen (secondary N) is 1. The van der Waals surface area contributed by atoms with Crippen molar-refractivity contribution in [2.45, 2.75) is 77.3 Å². The smallest absolute Gasteiger partial charge is 0.290 e. The molecule has 0 aromatic carbocycles. The predicted octanol–water partition coefficient (Wildman–Crippen LogP) is 3.82. The Kier molecular flexibility index (Phi) is 6.23. The van der Waals surface area contributed by atoms with Gasteiger partial charge in [-0.3, -0.25) is 14.1 Å². The number of hydrogen-bond donors (Lipinski definition) is 1. The maximum atomic E-state index is 13.0. The van der Waals surface area contributed by atoms with Gasteiger partial charge in [0, 0.05) is 43.6 Å². The van der Waals surface area contributed by atoms with Gasteiger partial charge in [0.05, 0.1) is 5.52 Å². The summed E-state index contributed by atoms with van der Waals surface area (Å²) in [7, 11) is -1.92. The summed E-state index contributed by atoms with van der Waals surface area (Å²) in [6, 6.07) is 6.92. The van der Waals surface area contributed by atoms with Crippen molar-refractivity contribution < 1.29 is 8.42 Å². The van der Waals surface area contributed by atoms with Crippen LogP contribution in [0.3, 0.4) is 0 Å². The molecule has 0 amide bonds. The molecule has 0 saturated heterocycles. The number of sulfonamides is 1. The van der Waals surface area contributed by atoms with E-state index < -0.39 is 10.0 Å². The predicted molar refractivity (Wildman–Crippen MR) is 133 cm³/mol. The van der Waals surface area contributed by atoms with Crippen LogP contribution in [-0.4, -0.2) is 33.6 Å². The molecule has 2 unspecified atom stereocenters. The van der Waals surface area contributed by atoms with Gasteiger partial charge in [0.1, 0.15) is 4.90 Å². The van der Waals surface area contributed by atoms with Gasteiger partial charge in [-0.05, 0) is 54.4 Å². The van der Waals surface area contributed by atoms with Gasteiger partial charge in [-0.15, -0.1) is 0 Å². The molecule has 3 heterocycles. The third kappa shape index (κ3) is 4.81. The fourth-order valence-corrected chi connectivity index (χ4v) is 6.21. The van der Waals surface area contributed by atoms with Crippen LogP contribution in [0.1, 0.15) is 65.5 Å². The summed E-state index contributed by atoms with van der Waals surface area (Å²) in [6.07, 6.45) is 5.34. The van der Waals surface area contributed by atoms with Crippen LogP contribution < -0.4 is 10.4 Å². The van der Waals surface area contributed by atoms with Crippen molar-refractivity contribution in [3.05, 3.63) is 52.8 Å². The van der Waals surface area contributed by atoms with E-state index in [0.717, 1.165) is 24.1 Å². The number of aromatic nitrogens is 4. The second-order valence-electron chi connectivity index (χ2n) is 11.4. The molecule has 34 heavy (non-hydrogen) atoms. The van der Waals surface area contributed by atoms with E-state index in [1.807, 2.05) is 12.1 Å². The first-order chi connectivity index (χ1) is 15.8. The Labute approximate surface area is 201 Å². The minimum atomic E-state index is -3.68. The topological polar surface area (TPSA) is 98.9 Å². The normalized spacial score (nSPS) is 21.1. The maximum absolute atomic E-state index is 13.0. The van der Waals surface area contributed by atoms with E-state index in [0.29, 0.717) is 18.6 Å². The molecule has 9 heteroatoms. The Morgan fingerprint density at radius 1 is 1.21 bits per heavy atom. The number of nitrogens with zero attached hydrogens (tertiary/aromatic N) is 4. The van der Waals surface area contributed by atoms with Gasteiger partial charge in [0.25, 0.3) is 0 Å². The summed E-state index contributed by atoms with van der Waals surface area (Å²) >= 11 is 0. The summed E-state index contributed by atoms with van der Waals surface area (Å²) in [6.45, 7) is 11.1. The first kappa shape index (κ1) is 24.6. The fraction of sp³-hybridized carbons (Fsp3) is 0.560. The maximum Gasteiger partial charge on any atom is 0.330 e. The molecule has 1 fully saturated rings. The van der Waals surface area contributed by atoms with Crippen molar-refractivity contribution in [1.82, 2.24) is 23.8 Å². The molecule has 3 aromatic rings. The van der Waals surface area contributed by atoms with Crippen molar-refractivity contribution in [3.63, 3.8) is 0 Å². The van der Waals surface area contributed by atoms with E-state index in [2.05, 4.69) is 44.3 Å². The molecule has 2 atom stereocenters. The fourth-order valence-electron chi connectivity index (χ4n) is 4.82. The van der Waals surface area contributed by atoms with Crippen molar-refractivity contribution in [2.75, 3.05) is 0 Å². The van der Waals surface area contributed by atoms with Gasteiger partial charge in [0.15, 0.2) is 5.65 Å². The second kappa shape index (κ2) is 8.61. The Bertz CT molecular complexity index is 1350. The van der Waals surface area contributed by atoms with Crippen LogP contribution in [0.2, 0.25) is 0 Å². The number of pyridine rings is 2. The number of aryl methyl sites for hydroxylation is 1. The molecule has 1 N–H and O–H groups in total. The van der Waals surface area contributed by atoms with Crippen LogP contribution >= 0.6 is 0 Å². The Balaban J connectivity index is 1.64. The molecule has 0 aliphatic heterocycles. The van der Waals surface area contributed by atoms with Crippen molar-refractivity contribution in [2.24, 2.45) is 17.9 Å². The van der Waals surface area contributed by atoms with E-state index in [1.165, 1.54) is 6.20 Å². The van der Waals surface area contributed by atoms with Crippen LogP contribution in [0, 0.1) is 10.8 Å². The average molecular weight is 486 g/mol. The van der Waals surface area contributed by atoms with E-state index >= 15 is 0 Å². The van der Waals surface area contributed by atoms with Crippen molar-refractivity contribution >= 4 is 21.2 Å². The van der Waals surface area contributed by atoms with Gasteiger partial charge < -0.3 is 0 Å². The monoisotopic (exact) mass is 485 g/mol. The Morgan fingerprint density at radius 2 is 1.94 bits per heavy atom. The molecule has 3 aromatic heterocycles. The lowest BCUT2D eigenvalue weighted by molar-refractivity contribution is 0.170. The average Bonchev–Trinajstić information content (AvgIpc) is 2.99. The highest BCUT2D eigenvalue weighted by Gasteiger charge is 2.40. The zero-order valence-corrected chi connectivity index (χ0v) is 21.7. The standard InChI is InChI=1S/C25H35N5O3S/c1-24(2,3)16-30-20-10-9-19(27-22(20)29(6)23(30)31)17-11-12-25(4,5)21(14-17)28-34(32,33)18-8-7-13-26-15-18/h7-10,13,15,17,21,28H,11-12,14,16H2,1-6H3. The second-order valence-corrected chi connectivity index (χ2v) is 13.1. The quantitative estimate of drug-likeness (QED) is 0.592. The molecular weight excluding hydrogens is 450 g/mol. The minimum absolute atomic E-state index is 0.0373. The van der Waals surface area contributed by atoms with E-state index in [1.54, 1.807) is 34.5 Å². The summed E-state index contributed by atoms with van der Waals surface area (Å²) < 4.78 is 32.3. The third-order valence-electron chi connectivity index (χ3n) is 6.90. The molecule has 0 radical (unpaired) electrons. The van der Waals surface area contributed by atoms with Gasteiger partial charge in [0.2, 0.25) is 10.0 Å². The highest BCUT2D eigenvalue weighted by atomic mass is 32.2. The lowest BCUT2D eigenvalue weighted by atomic mass is 9.69. The van der Waals surface area contributed by atoms with Gasteiger partial charge in [-0.2, -0.15) is 0 Å². The number of rotatable bonds is 5. The van der Waals surface area contributed by atoms with Gasteiger partial charge in [-0.1, -0.05) is 34.6 Å². The van der Waals surface area contributed by atoms with Crippen molar-refractivity contribution in [3.8, 4) is 0 Å². The van der Waals surface area contributed by atoms with Gasteiger partial charge >= 0.3 is 5.69 Å². The largest absolute Gasteiger partial charge is 0.330 e. The molecule has 1 aliphatic rings. The Morgan fingerprint density at radius 3 is 2.59 bits per heavy atom. The summed E-state index contributed by atoms with van der Waals surface area (Å²) in [5.41, 5.74) is 2.10. The van der Waals surface area contributed by atoms with E-state index in [-0.39, 0.29) is 33.4 Å². The van der Waals surface area contributed by atoms with Gasteiger partial charge in [-0.25, -0.2) is 22.9 Å². The molecular formula is C25H35N5O3S. The van der Waals surface area contributed by atoms with Crippen LogP contribution in [0.4, 0.5) is 0 Å². The van der Waals surface area contributed by atoms with Crippen LogP contribution in [0.15, 0.2) is 46.3 Å². The zero-order valence-electron chi connectivity index (χ0n) is 20.9. The SMILES string of the molecule is Cn1c(=O)n(CC(C)(C)C)c2ccc(C3CCC(C)(C)C(NS(=O)(=O)c4cccnc4)C3)nc21. The third-order valence-corrected chi connectivity index (χ3v) is 8.35. The number of imidazole rings is 1. The molecule has 4 rings (SSSR count). The van der Waals surface area contributed by atoms with E-state index in [4.69, 9.17) is 4.98 Å². The lowest BCUT2D eigenvalue weighted by Crippen LogP contribution is -2.48. The number of hydrogen-bond acceptors (Lipinski definition) is 5. The molecule has 1 aliphatic carbocycles. The molecule has 1 saturated carbocycles. The van der Waals surface area contributed by atoms with Crippen LogP contribution in [0.25, 0.3) is 11.2 Å². The Hall–Kier alpha value is -2.52. The highest BCUT2D eigenvalue weighted by molar-refractivity contribution is 7.89. The van der Waals surface area contributed by atoms with Crippen molar-refractivity contribution in [1.29, 1.82) is 0 Å². The number of fused-ring (bicyclic) bond motifs is 1. The summed E-state index contributed by atoms with van der Waals surface area (Å²) in [5.74, 6) is 0.0973. The molecule has 0 bridgehead atoms. The molecule has 184 valence electrons. The lowest BCUT2D eigenvalue weighted by Gasteiger charge is -2.42. The van der Waals surface area contributed by atoms with Crippen LogP contribution in [-0.2, 0) is 23.6 Å². The van der Waals surface area contributed by atoms with E-state index in [9.17, 15) is 13.2 Å². The highest BCUT2D eigenvalue weighted by Crippen LogP contribution is 2.43. The van der Waals surface area contributed by atoms with Crippen LogP contribution in [0.5, 0.6) is 0 Å². The summed E-state index contributed by atoms with van der Waals surface area (Å²) in [4.78, 5) is 21.9. The molecule has 0 spiro atoms. The first-order valence-electron chi connectivity index (χ1n) is 11.8. The zero-order chi connectivity index (χ0) is 24.9.